The number of hydrogen-bond donors (Lipinski definition) is 2. The van der Waals surface area contributed by atoms with Crippen molar-refractivity contribution in [2.75, 3.05) is 0 Å². The van der Waals surface area contributed by atoms with Crippen LogP contribution in [0.15, 0.2) is 30.3 Å². The predicted molar refractivity (Wildman–Crippen MR) is 70.8 cm³/mol. The van der Waals surface area contributed by atoms with E-state index in [1.165, 1.54) is 0 Å². The summed E-state index contributed by atoms with van der Waals surface area (Å²) in [6.07, 6.45) is 1.41. The number of aldehydes is 1. The quantitative estimate of drug-likeness (QED) is 0.717. The third-order valence-corrected chi connectivity index (χ3v) is 2.73. The number of nitrogens with two attached hydrogens (primary N) is 1. The molecule has 2 atom stereocenters. The van der Waals surface area contributed by atoms with Gasteiger partial charge in [0.2, 0.25) is 5.91 Å². The monoisotopic (exact) mass is 248 g/mol. The highest BCUT2D eigenvalue weighted by Gasteiger charge is 2.21. The van der Waals surface area contributed by atoms with Gasteiger partial charge in [0.25, 0.3) is 0 Å². The van der Waals surface area contributed by atoms with Crippen LogP contribution in [0.3, 0.4) is 0 Å². The fourth-order valence-electron chi connectivity index (χ4n) is 1.83. The predicted octanol–water partition coefficient (Wildman–Crippen LogP) is 1.42. The molecule has 0 aliphatic rings. The first-order chi connectivity index (χ1) is 8.54. The largest absolute Gasteiger partial charge is 0.368 e. The minimum absolute atomic E-state index is 0.332. The van der Waals surface area contributed by atoms with Gasteiger partial charge < -0.3 is 10.5 Å². The number of rotatable bonds is 7. The Labute approximate surface area is 108 Å². The molecule has 4 heteroatoms. The van der Waals surface area contributed by atoms with Crippen molar-refractivity contribution < 1.29 is 9.59 Å². The Bertz CT molecular complexity index is 390. The van der Waals surface area contributed by atoms with Gasteiger partial charge in [0.05, 0.1) is 12.1 Å². The molecular weight excluding hydrogens is 228 g/mol. The maximum absolute atomic E-state index is 11.4. The standard InChI is InChI=1S/C14H20N2O2/c1-10(2)8-12(14(15)18)16-13(9-17)11-6-4-3-5-7-11/h3-7,9-10,12-13,16H,8H2,1-2H3,(H2,15,18)/t12-,13?/m0/s1. The van der Waals surface area contributed by atoms with Gasteiger partial charge in [-0.1, -0.05) is 44.2 Å². The molecule has 1 rings (SSSR count). The Balaban J connectivity index is 2.77. The highest BCUT2D eigenvalue weighted by Crippen LogP contribution is 2.13. The van der Waals surface area contributed by atoms with Gasteiger partial charge in [0, 0.05) is 0 Å². The van der Waals surface area contributed by atoms with E-state index in [0.29, 0.717) is 12.3 Å². The molecule has 0 radical (unpaired) electrons. The van der Waals surface area contributed by atoms with E-state index in [2.05, 4.69) is 5.32 Å². The highest BCUT2D eigenvalue weighted by molar-refractivity contribution is 5.80. The average molecular weight is 248 g/mol. The minimum atomic E-state index is -0.498. The van der Waals surface area contributed by atoms with Crippen molar-refractivity contribution in [3.63, 3.8) is 0 Å². The average Bonchev–Trinajstić information content (AvgIpc) is 2.34. The summed E-state index contributed by atoms with van der Waals surface area (Å²) in [4.78, 5) is 22.5. The van der Waals surface area contributed by atoms with Crippen LogP contribution in [0.1, 0.15) is 31.9 Å². The summed E-state index contributed by atoms with van der Waals surface area (Å²) in [5.41, 5.74) is 6.18. The lowest BCUT2D eigenvalue weighted by Gasteiger charge is -2.21. The van der Waals surface area contributed by atoms with Gasteiger partial charge in [-0.15, -0.1) is 0 Å². The van der Waals surface area contributed by atoms with Crippen LogP contribution in [0.4, 0.5) is 0 Å². The lowest BCUT2D eigenvalue weighted by molar-refractivity contribution is -0.120. The third-order valence-electron chi connectivity index (χ3n) is 2.73. The van der Waals surface area contributed by atoms with Gasteiger partial charge in [-0.2, -0.15) is 0 Å². The maximum atomic E-state index is 11.4. The molecule has 1 aromatic carbocycles. The smallest absolute Gasteiger partial charge is 0.234 e. The molecule has 0 spiro atoms. The molecular formula is C14H20N2O2. The molecule has 0 aliphatic carbocycles. The second-order valence-electron chi connectivity index (χ2n) is 4.78. The molecule has 3 N–H and O–H groups in total. The summed E-state index contributed by atoms with van der Waals surface area (Å²) in [5.74, 6) is -0.0930. The molecule has 98 valence electrons. The summed E-state index contributed by atoms with van der Waals surface area (Å²) in [7, 11) is 0. The highest BCUT2D eigenvalue weighted by atomic mass is 16.1. The maximum Gasteiger partial charge on any atom is 0.234 e. The zero-order chi connectivity index (χ0) is 13.5. The van der Waals surface area contributed by atoms with Gasteiger partial charge in [-0.3, -0.25) is 10.1 Å². The van der Waals surface area contributed by atoms with Crippen LogP contribution in [0.25, 0.3) is 0 Å². The number of amides is 1. The Hall–Kier alpha value is -1.68. The van der Waals surface area contributed by atoms with E-state index >= 15 is 0 Å². The number of benzene rings is 1. The SMILES string of the molecule is CC(C)C[C@H](NC(C=O)c1ccccc1)C(N)=O. The number of carbonyl (C=O) groups is 2. The molecule has 0 aromatic heterocycles. The summed E-state index contributed by atoms with van der Waals surface area (Å²) >= 11 is 0. The first kappa shape index (κ1) is 14.4. The molecule has 0 saturated heterocycles. The molecule has 1 amide bonds. The van der Waals surface area contributed by atoms with E-state index < -0.39 is 18.0 Å². The molecule has 0 bridgehead atoms. The third kappa shape index (κ3) is 4.30. The fraction of sp³-hybridized carbons (Fsp3) is 0.429. The first-order valence-corrected chi connectivity index (χ1v) is 6.10. The molecule has 18 heavy (non-hydrogen) atoms. The Morgan fingerprint density at radius 3 is 2.39 bits per heavy atom. The number of carbonyl (C=O) groups excluding carboxylic acids is 2. The van der Waals surface area contributed by atoms with Crippen molar-refractivity contribution in [1.29, 1.82) is 0 Å². The van der Waals surface area contributed by atoms with Gasteiger partial charge in [0.1, 0.15) is 6.29 Å². The zero-order valence-corrected chi connectivity index (χ0v) is 10.8. The van der Waals surface area contributed by atoms with E-state index in [1.54, 1.807) is 0 Å². The Kier molecular flexibility index (Phi) is 5.52. The molecule has 0 fully saturated rings. The molecule has 0 aliphatic heterocycles. The number of primary amides is 1. The van der Waals surface area contributed by atoms with E-state index in [1.807, 2.05) is 44.2 Å². The lowest BCUT2D eigenvalue weighted by atomic mass is 10.0. The van der Waals surface area contributed by atoms with Gasteiger partial charge in [0.15, 0.2) is 0 Å². The summed E-state index contributed by atoms with van der Waals surface area (Å²) in [5, 5.41) is 3.01. The normalized spacial score (nSPS) is 14.2. The molecule has 4 nitrogen and oxygen atoms in total. The lowest BCUT2D eigenvalue weighted by Crippen LogP contribution is -2.44. The van der Waals surface area contributed by atoms with Crippen LogP contribution in [0.2, 0.25) is 0 Å². The summed E-state index contributed by atoms with van der Waals surface area (Å²) < 4.78 is 0. The first-order valence-electron chi connectivity index (χ1n) is 6.10. The van der Waals surface area contributed by atoms with Crippen LogP contribution in [-0.4, -0.2) is 18.2 Å². The molecule has 1 unspecified atom stereocenters. The van der Waals surface area contributed by atoms with Crippen LogP contribution in [0, 0.1) is 5.92 Å². The van der Waals surface area contributed by atoms with E-state index in [0.717, 1.165) is 11.8 Å². The zero-order valence-electron chi connectivity index (χ0n) is 10.8. The molecule has 0 saturated carbocycles. The van der Waals surface area contributed by atoms with Crippen molar-refractivity contribution in [3.05, 3.63) is 35.9 Å². The van der Waals surface area contributed by atoms with Crippen molar-refractivity contribution in [1.82, 2.24) is 5.32 Å². The Morgan fingerprint density at radius 1 is 1.33 bits per heavy atom. The Morgan fingerprint density at radius 2 is 1.94 bits per heavy atom. The van der Waals surface area contributed by atoms with E-state index in [9.17, 15) is 9.59 Å². The summed E-state index contributed by atoms with van der Waals surface area (Å²) in [6, 6.07) is 8.30. The number of nitrogens with one attached hydrogen (secondary N) is 1. The van der Waals surface area contributed by atoms with Crippen molar-refractivity contribution >= 4 is 12.2 Å². The molecule has 1 aromatic rings. The number of hydrogen-bond acceptors (Lipinski definition) is 3. The van der Waals surface area contributed by atoms with Crippen molar-refractivity contribution in [2.24, 2.45) is 11.7 Å². The van der Waals surface area contributed by atoms with Gasteiger partial charge >= 0.3 is 0 Å². The second-order valence-corrected chi connectivity index (χ2v) is 4.78. The van der Waals surface area contributed by atoms with Crippen LogP contribution < -0.4 is 11.1 Å². The topological polar surface area (TPSA) is 72.2 Å². The van der Waals surface area contributed by atoms with E-state index in [-0.39, 0.29) is 0 Å². The van der Waals surface area contributed by atoms with E-state index in [4.69, 9.17) is 5.73 Å². The van der Waals surface area contributed by atoms with Crippen LogP contribution in [-0.2, 0) is 9.59 Å². The second kappa shape index (κ2) is 6.91. The van der Waals surface area contributed by atoms with Crippen molar-refractivity contribution in [3.8, 4) is 0 Å². The minimum Gasteiger partial charge on any atom is -0.368 e. The van der Waals surface area contributed by atoms with Gasteiger partial charge in [-0.25, -0.2) is 0 Å². The van der Waals surface area contributed by atoms with Gasteiger partial charge in [-0.05, 0) is 17.9 Å². The molecule has 0 heterocycles. The summed E-state index contributed by atoms with van der Waals surface area (Å²) in [6.45, 7) is 4.02. The fourth-order valence-corrected chi connectivity index (χ4v) is 1.83. The van der Waals surface area contributed by atoms with Crippen LogP contribution >= 0.6 is 0 Å². The van der Waals surface area contributed by atoms with Crippen LogP contribution in [0.5, 0.6) is 0 Å². The van der Waals surface area contributed by atoms with Crippen molar-refractivity contribution in [2.45, 2.75) is 32.4 Å².